The van der Waals surface area contributed by atoms with Crippen molar-refractivity contribution in [3.8, 4) is 0 Å². The van der Waals surface area contributed by atoms with E-state index in [9.17, 15) is 31.9 Å². The van der Waals surface area contributed by atoms with E-state index in [2.05, 4.69) is 15.4 Å². The van der Waals surface area contributed by atoms with Crippen LogP contribution in [0.25, 0.3) is 0 Å². The average molecular weight is 523 g/mol. The van der Waals surface area contributed by atoms with Gasteiger partial charge in [0.25, 0.3) is 0 Å². The fraction of sp³-hybridized carbons (Fsp3) is 0.318. The van der Waals surface area contributed by atoms with E-state index in [-0.39, 0.29) is 42.5 Å². The second-order valence-electron chi connectivity index (χ2n) is 8.73. The van der Waals surface area contributed by atoms with Gasteiger partial charge in [-0.3, -0.25) is 28.2 Å². The summed E-state index contributed by atoms with van der Waals surface area (Å²) in [7, 11) is -7.08. The third-order valence-corrected chi connectivity index (χ3v) is 8.88. The molecule has 2 aliphatic heterocycles. The Kier molecular flexibility index (Phi) is 6.64. The molecule has 2 aromatic carbocycles. The zero-order valence-corrected chi connectivity index (χ0v) is 20.2. The molecule has 0 bridgehead atoms. The van der Waals surface area contributed by atoms with Crippen LogP contribution < -0.4 is 20.5 Å². The fourth-order valence-corrected chi connectivity index (χ4v) is 6.32. The summed E-state index contributed by atoms with van der Waals surface area (Å²) in [6.07, 6.45) is 0.687. The van der Waals surface area contributed by atoms with Gasteiger partial charge in [0.05, 0.1) is 11.3 Å². The minimum Gasteiger partial charge on any atom is -0.350 e. The fourth-order valence-electron chi connectivity index (χ4n) is 4.32. The first-order chi connectivity index (χ1) is 16.4. The molecule has 2 atom stereocenters. The Bertz CT molecular complexity index is 1260. The number of rotatable bonds is 7. The number of hydrogen-bond donors (Lipinski definition) is 6. The third kappa shape index (κ3) is 5.49. The second-order valence-corrected chi connectivity index (χ2v) is 12.3. The van der Waals surface area contributed by atoms with Gasteiger partial charge in [0.2, 0.25) is 27.7 Å². The second kappa shape index (κ2) is 9.24. The largest absolute Gasteiger partial charge is 0.350 e. The predicted octanol–water partition coefficient (Wildman–Crippen LogP) is 1.07. The van der Waals surface area contributed by atoms with Crippen LogP contribution in [-0.4, -0.2) is 40.8 Å². The van der Waals surface area contributed by atoms with Crippen LogP contribution in [0.2, 0.25) is 0 Å². The van der Waals surface area contributed by atoms with Gasteiger partial charge in [0, 0.05) is 19.4 Å². The number of hydrogen-bond acceptors (Lipinski definition) is 7. The van der Waals surface area contributed by atoms with Gasteiger partial charge in [-0.25, -0.2) is 13.6 Å². The molecule has 13 heteroatoms. The first kappa shape index (κ1) is 25.1. The molecule has 3 amide bonds. The van der Waals surface area contributed by atoms with Gasteiger partial charge >= 0.3 is 0 Å². The van der Waals surface area contributed by atoms with Crippen LogP contribution in [-0.2, 0) is 37.4 Å². The number of primary sulfonamides is 1. The molecule has 2 unspecified atom stereocenters. The van der Waals surface area contributed by atoms with E-state index in [0.29, 0.717) is 17.5 Å². The van der Waals surface area contributed by atoms with Crippen molar-refractivity contribution in [2.45, 2.75) is 47.9 Å². The zero-order chi connectivity index (χ0) is 25.4. The molecule has 0 saturated carbocycles. The summed E-state index contributed by atoms with van der Waals surface area (Å²) in [6.45, 7) is 0.126. The predicted molar refractivity (Wildman–Crippen MR) is 128 cm³/mol. The molecule has 7 N–H and O–H groups in total. The lowest BCUT2D eigenvalue weighted by Crippen LogP contribution is -2.55. The van der Waals surface area contributed by atoms with E-state index in [1.54, 1.807) is 36.4 Å². The van der Waals surface area contributed by atoms with Crippen molar-refractivity contribution in [2.75, 3.05) is 0 Å². The minimum atomic E-state index is -3.81. The summed E-state index contributed by atoms with van der Waals surface area (Å²) in [4.78, 5) is 36.8. The maximum absolute atomic E-state index is 13.2. The Hall–Kier alpha value is -2.97. The Morgan fingerprint density at radius 1 is 1.06 bits per heavy atom. The molecule has 4 rings (SSSR count). The smallest absolute Gasteiger partial charge is 0.246 e. The number of carbonyl (C=O) groups excluding carboxylic acids is 3. The maximum atomic E-state index is 13.2. The first-order valence-electron chi connectivity index (χ1n) is 10.8. The number of carbonyl (C=O) groups is 3. The standard InChI is InChI=1S/C22H26N4O7S2/c23-34(30,31)17-7-3-15(4-8-17)13-24-21(29)22(10-9-19(27)25-22)12-14-1-5-16(6-2-14)18-11-20(28)26-35(18,32)33/h1-8,18,32-33H,9-13H2,(H,24,29)(H,25,27)(H,26,28)(H2,23,30,31). The number of benzene rings is 2. The van der Waals surface area contributed by atoms with Crippen molar-refractivity contribution in [3.63, 3.8) is 0 Å². The Labute approximate surface area is 204 Å². The summed E-state index contributed by atoms with van der Waals surface area (Å²) in [5.74, 6) is -1.04. The molecule has 11 nitrogen and oxygen atoms in total. The van der Waals surface area contributed by atoms with E-state index in [1.165, 1.54) is 12.1 Å². The number of amides is 3. The van der Waals surface area contributed by atoms with Crippen LogP contribution in [0.5, 0.6) is 0 Å². The van der Waals surface area contributed by atoms with Crippen molar-refractivity contribution in [1.82, 2.24) is 15.4 Å². The van der Waals surface area contributed by atoms with Crippen molar-refractivity contribution in [3.05, 3.63) is 65.2 Å². The van der Waals surface area contributed by atoms with Gasteiger partial charge in [-0.1, -0.05) is 36.4 Å². The van der Waals surface area contributed by atoms with Crippen molar-refractivity contribution >= 4 is 38.5 Å². The van der Waals surface area contributed by atoms with Crippen LogP contribution in [0.3, 0.4) is 0 Å². The lowest BCUT2D eigenvalue weighted by atomic mass is 9.87. The van der Waals surface area contributed by atoms with Crippen LogP contribution in [0, 0.1) is 0 Å². The van der Waals surface area contributed by atoms with Gasteiger partial charge in [-0.05, 0) is 35.2 Å². The average Bonchev–Trinajstić information content (AvgIpc) is 3.30. The summed E-state index contributed by atoms with van der Waals surface area (Å²) < 4.78 is 45.2. The van der Waals surface area contributed by atoms with Gasteiger partial charge in [-0.2, -0.15) is 0 Å². The Morgan fingerprint density at radius 3 is 2.20 bits per heavy atom. The third-order valence-electron chi connectivity index (χ3n) is 6.19. The summed E-state index contributed by atoms with van der Waals surface area (Å²) in [5.41, 5.74) is 0.835. The topological polar surface area (TPSA) is 188 Å². The van der Waals surface area contributed by atoms with Crippen molar-refractivity contribution < 1.29 is 31.9 Å². The van der Waals surface area contributed by atoms with Crippen LogP contribution in [0.15, 0.2) is 53.4 Å². The van der Waals surface area contributed by atoms with E-state index in [1.807, 2.05) is 0 Å². The monoisotopic (exact) mass is 522 g/mol. The quantitative estimate of drug-likeness (QED) is 0.313. The highest BCUT2D eigenvalue weighted by Gasteiger charge is 2.44. The van der Waals surface area contributed by atoms with Crippen LogP contribution >= 0.6 is 10.8 Å². The molecular weight excluding hydrogens is 496 g/mol. The molecular formula is C22H26N4O7S2. The molecule has 35 heavy (non-hydrogen) atoms. The lowest BCUT2D eigenvalue weighted by Gasteiger charge is -2.33. The summed E-state index contributed by atoms with van der Waals surface area (Å²) >= 11 is 0. The minimum absolute atomic E-state index is 0.0255. The van der Waals surface area contributed by atoms with E-state index < -0.39 is 37.5 Å². The number of nitrogens with two attached hydrogens (primary N) is 1. The molecule has 0 spiro atoms. The SMILES string of the molecule is NS(=O)(=O)c1ccc(CNC(=O)C2(Cc3ccc(C4CC(=O)NS4(O)O)cc3)CCC(=O)N2)cc1. The first-order valence-corrected chi connectivity index (χ1v) is 13.9. The number of nitrogens with one attached hydrogen (secondary N) is 3. The Morgan fingerprint density at radius 2 is 1.69 bits per heavy atom. The van der Waals surface area contributed by atoms with Gasteiger partial charge in [-0.15, -0.1) is 10.8 Å². The van der Waals surface area contributed by atoms with E-state index >= 15 is 0 Å². The highest BCUT2D eigenvalue weighted by atomic mass is 32.3. The van der Waals surface area contributed by atoms with Gasteiger partial charge < -0.3 is 10.6 Å². The molecule has 2 saturated heterocycles. The van der Waals surface area contributed by atoms with E-state index in [4.69, 9.17) is 5.14 Å². The molecule has 0 aromatic heterocycles. The molecule has 2 aromatic rings. The molecule has 0 radical (unpaired) electrons. The lowest BCUT2D eigenvalue weighted by molar-refractivity contribution is -0.130. The van der Waals surface area contributed by atoms with Crippen LogP contribution in [0.1, 0.15) is 41.2 Å². The van der Waals surface area contributed by atoms with E-state index in [0.717, 1.165) is 5.56 Å². The van der Waals surface area contributed by atoms with Crippen molar-refractivity contribution in [2.24, 2.45) is 5.14 Å². The highest BCUT2D eigenvalue weighted by molar-refractivity contribution is 8.23. The maximum Gasteiger partial charge on any atom is 0.246 e. The van der Waals surface area contributed by atoms with Gasteiger partial charge in [0.15, 0.2) is 0 Å². The molecule has 2 heterocycles. The summed E-state index contributed by atoms with van der Waals surface area (Å²) in [6, 6.07) is 12.6. The molecule has 188 valence electrons. The normalized spacial score (nSPS) is 24.5. The molecule has 2 aliphatic rings. The van der Waals surface area contributed by atoms with Crippen LogP contribution in [0.4, 0.5) is 0 Å². The van der Waals surface area contributed by atoms with Gasteiger partial charge in [0.1, 0.15) is 10.8 Å². The zero-order valence-electron chi connectivity index (χ0n) is 18.6. The van der Waals surface area contributed by atoms with Crippen molar-refractivity contribution in [1.29, 1.82) is 0 Å². The summed E-state index contributed by atoms with van der Waals surface area (Å²) in [5, 5.41) is 9.96. The molecule has 0 aliphatic carbocycles. The number of sulfonamides is 1. The highest BCUT2D eigenvalue weighted by Crippen LogP contribution is 2.56. The molecule has 2 fully saturated rings. The Balaban J connectivity index is 1.46.